The molecule has 126 valence electrons. The highest BCUT2D eigenvalue weighted by Crippen LogP contribution is 2.22. The molecule has 1 amide bonds. The van der Waals surface area contributed by atoms with E-state index in [-0.39, 0.29) is 5.91 Å². The van der Waals surface area contributed by atoms with E-state index in [2.05, 4.69) is 10.5 Å². The van der Waals surface area contributed by atoms with Crippen LogP contribution >= 0.6 is 11.6 Å². The number of halogens is 1. The summed E-state index contributed by atoms with van der Waals surface area (Å²) in [7, 11) is 0. The van der Waals surface area contributed by atoms with Gasteiger partial charge < -0.3 is 4.74 Å². The zero-order valence-electron chi connectivity index (χ0n) is 13.7. The third kappa shape index (κ3) is 6.61. The first-order chi connectivity index (χ1) is 11.1. The summed E-state index contributed by atoms with van der Waals surface area (Å²) in [5.41, 5.74) is 3.60. The monoisotopic (exact) mass is 336 g/mol. The lowest BCUT2D eigenvalue weighted by Gasteiger charge is -2.16. The molecule has 1 saturated carbocycles. The van der Waals surface area contributed by atoms with Crippen molar-refractivity contribution in [2.75, 3.05) is 6.61 Å². The van der Waals surface area contributed by atoms with Crippen LogP contribution in [0.4, 0.5) is 0 Å². The first-order valence-electron chi connectivity index (χ1n) is 8.36. The highest BCUT2D eigenvalue weighted by molar-refractivity contribution is 6.30. The van der Waals surface area contributed by atoms with Crippen LogP contribution in [0.3, 0.4) is 0 Å². The number of rotatable bonds is 7. The van der Waals surface area contributed by atoms with Crippen molar-refractivity contribution in [3.63, 3.8) is 0 Å². The molecular formula is C18H25ClN2O2. The predicted molar refractivity (Wildman–Crippen MR) is 94.1 cm³/mol. The molecule has 1 fully saturated rings. The van der Waals surface area contributed by atoms with Gasteiger partial charge in [0.15, 0.2) is 0 Å². The van der Waals surface area contributed by atoms with Crippen molar-refractivity contribution in [3.8, 4) is 5.75 Å². The van der Waals surface area contributed by atoms with Crippen LogP contribution in [-0.2, 0) is 4.79 Å². The summed E-state index contributed by atoms with van der Waals surface area (Å²) in [5, 5.41) is 4.77. The van der Waals surface area contributed by atoms with Gasteiger partial charge in [0.05, 0.1) is 6.61 Å². The third-order valence-electron chi connectivity index (χ3n) is 4.07. The van der Waals surface area contributed by atoms with Gasteiger partial charge in [-0.1, -0.05) is 30.9 Å². The summed E-state index contributed by atoms with van der Waals surface area (Å²) in [6.45, 7) is 2.45. The van der Waals surface area contributed by atoms with Gasteiger partial charge in [-0.05, 0) is 55.9 Å². The third-order valence-corrected chi connectivity index (χ3v) is 4.30. The van der Waals surface area contributed by atoms with Crippen molar-refractivity contribution in [1.29, 1.82) is 0 Å². The van der Waals surface area contributed by atoms with Crippen LogP contribution in [-0.4, -0.2) is 18.7 Å². The van der Waals surface area contributed by atoms with Crippen molar-refractivity contribution in [3.05, 3.63) is 28.8 Å². The maximum atomic E-state index is 11.7. The van der Waals surface area contributed by atoms with Crippen LogP contribution < -0.4 is 10.2 Å². The van der Waals surface area contributed by atoms with Crippen molar-refractivity contribution in [2.24, 2.45) is 11.0 Å². The summed E-state index contributed by atoms with van der Waals surface area (Å²) in [5.74, 6) is 1.28. The highest BCUT2D eigenvalue weighted by Gasteiger charge is 2.10. The van der Waals surface area contributed by atoms with Crippen LogP contribution in [0.25, 0.3) is 0 Å². The number of nitrogens with one attached hydrogen (secondary N) is 1. The standard InChI is InChI=1S/C18H25ClN2O2/c1-14-12-16(19)9-10-17(14)23-11-5-8-18(22)21-20-13-15-6-3-2-4-7-15/h9-10,12-13,15H,2-8,11H2,1H3,(H,21,22)/b20-13-. The summed E-state index contributed by atoms with van der Waals surface area (Å²) in [6, 6.07) is 5.52. The average Bonchev–Trinajstić information content (AvgIpc) is 2.54. The summed E-state index contributed by atoms with van der Waals surface area (Å²) >= 11 is 5.90. The molecule has 4 nitrogen and oxygen atoms in total. The average molecular weight is 337 g/mol. The second-order valence-corrected chi connectivity index (χ2v) is 6.51. The van der Waals surface area contributed by atoms with E-state index >= 15 is 0 Å². The number of ether oxygens (including phenoxy) is 1. The molecule has 1 aliphatic rings. The summed E-state index contributed by atoms with van der Waals surface area (Å²) in [4.78, 5) is 11.7. The molecule has 5 heteroatoms. The smallest absolute Gasteiger partial charge is 0.240 e. The molecule has 2 rings (SSSR count). The predicted octanol–water partition coefficient (Wildman–Crippen LogP) is 4.49. The van der Waals surface area contributed by atoms with Gasteiger partial charge in [0.1, 0.15) is 5.75 Å². The topological polar surface area (TPSA) is 50.7 Å². The SMILES string of the molecule is Cc1cc(Cl)ccc1OCCCC(=O)N/N=C\C1CCCCC1. The Morgan fingerprint density at radius 2 is 2.17 bits per heavy atom. The van der Waals surface area contributed by atoms with E-state index in [0.29, 0.717) is 30.4 Å². The van der Waals surface area contributed by atoms with Gasteiger partial charge >= 0.3 is 0 Å². The molecule has 1 N–H and O–H groups in total. The molecule has 23 heavy (non-hydrogen) atoms. The van der Waals surface area contributed by atoms with E-state index in [1.807, 2.05) is 25.3 Å². The first-order valence-corrected chi connectivity index (χ1v) is 8.74. The summed E-state index contributed by atoms with van der Waals surface area (Å²) in [6.07, 6.45) is 9.20. The highest BCUT2D eigenvalue weighted by atomic mass is 35.5. The maximum absolute atomic E-state index is 11.7. The van der Waals surface area contributed by atoms with Crippen LogP contribution in [0, 0.1) is 12.8 Å². The van der Waals surface area contributed by atoms with Gasteiger partial charge in [-0.2, -0.15) is 5.10 Å². The number of carbonyl (C=O) groups excluding carboxylic acids is 1. The minimum atomic E-state index is -0.0616. The van der Waals surface area contributed by atoms with E-state index in [1.54, 1.807) is 6.07 Å². The van der Waals surface area contributed by atoms with Gasteiger partial charge in [0.2, 0.25) is 5.91 Å². The normalized spacial score (nSPS) is 15.7. The summed E-state index contributed by atoms with van der Waals surface area (Å²) < 4.78 is 5.66. The van der Waals surface area contributed by atoms with Gasteiger partial charge in [-0.3, -0.25) is 4.79 Å². The lowest BCUT2D eigenvalue weighted by Crippen LogP contribution is -2.19. The second kappa shape index (κ2) is 9.56. The molecule has 0 unspecified atom stereocenters. The number of aryl methyl sites for hydroxylation is 1. The van der Waals surface area contributed by atoms with E-state index in [1.165, 1.54) is 32.1 Å². The van der Waals surface area contributed by atoms with Gasteiger partial charge in [0.25, 0.3) is 0 Å². The molecule has 1 aromatic carbocycles. The van der Waals surface area contributed by atoms with Crippen molar-refractivity contribution < 1.29 is 9.53 Å². The number of hydrazone groups is 1. The number of hydrogen-bond donors (Lipinski definition) is 1. The fourth-order valence-electron chi connectivity index (χ4n) is 2.74. The van der Waals surface area contributed by atoms with Crippen molar-refractivity contribution in [2.45, 2.75) is 51.9 Å². The molecule has 0 aliphatic heterocycles. The number of nitrogens with zero attached hydrogens (tertiary/aromatic N) is 1. The zero-order valence-corrected chi connectivity index (χ0v) is 14.4. The molecule has 0 aromatic heterocycles. The van der Waals surface area contributed by atoms with Gasteiger partial charge in [-0.15, -0.1) is 0 Å². The van der Waals surface area contributed by atoms with Crippen molar-refractivity contribution in [1.82, 2.24) is 5.43 Å². The fourth-order valence-corrected chi connectivity index (χ4v) is 2.97. The number of hydrogen-bond acceptors (Lipinski definition) is 3. The van der Waals surface area contributed by atoms with Crippen LogP contribution in [0.5, 0.6) is 5.75 Å². The first kappa shape index (κ1) is 17.8. The largest absolute Gasteiger partial charge is 0.493 e. The lowest BCUT2D eigenvalue weighted by atomic mass is 9.90. The van der Waals surface area contributed by atoms with E-state index in [9.17, 15) is 4.79 Å². The number of carbonyl (C=O) groups is 1. The fraction of sp³-hybridized carbons (Fsp3) is 0.556. The minimum Gasteiger partial charge on any atom is -0.493 e. The lowest BCUT2D eigenvalue weighted by molar-refractivity contribution is -0.121. The molecule has 0 atom stereocenters. The number of benzene rings is 1. The molecule has 1 aliphatic carbocycles. The Balaban J connectivity index is 1.60. The second-order valence-electron chi connectivity index (χ2n) is 6.07. The zero-order chi connectivity index (χ0) is 16.5. The maximum Gasteiger partial charge on any atom is 0.240 e. The number of amides is 1. The Morgan fingerprint density at radius 1 is 1.39 bits per heavy atom. The molecule has 0 heterocycles. The van der Waals surface area contributed by atoms with E-state index < -0.39 is 0 Å². The molecule has 0 radical (unpaired) electrons. The molecule has 0 spiro atoms. The van der Waals surface area contributed by atoms with Gasteiger partial charge in [-0.25, -0.2) is 5.43 Å². The Morgan fingerprint density at radius 3 is 2.91 bits per heavy atom. The Kier molecular flexibility index (Phi) is 7.40. The van der Waals surface area contributed by atoms with E-state index in [0.717, 1.165) is 11.3 Å². The Hall–Kier alpha value is -1.55. The molecule has 0 saturated heterocycles. The van der Waals surface area contributed by atoms with E-state index in [4.69, 9.17) is 16.3 Å². The van der Waals surface area contributed by atoms with Crippen molar-refractivity contribution >= 4 is 23.7 Å². The Bertz CT molecular complexity index is 540. The van der Waals surface area contributed by atoms with Crippen LogP contribution in [0.15, 0.2) is 23.3 Å². The van der Waals surface area contributed by atoms with Crippen LogP contribution in [0.1, 0.15) is 50.5 Å². The quantitative estimate of drug-likeness (QED) is 0.453. The Labute approximate surface area is 143 Å². The minimum absolute atomic E-state index is 0.0616. The molecule has 1 aromatic rings. The molecular weight excluding hydrogens is 312 g/mol. The van der Waals surface area contributed by atoms with Gasteiger partial charge in [0, 0.05) is 17.7 Å². The van der Waals surface area contributed by atoms with Crippen LogP contribution in [0.2, 0.25) is 5.02 Å². The molecule has 0 bridgehead atoms.